The van der Waals surface area contributed by atoms with Crippen LogP contribution in [0.4, 0.5) is 0 Å². The van der Waals surface area contributed by atoms with Crippen molar-refractivity contribution >= 4 is 40.8 Å². The molecule has 0 fully saturated rings. The predicted molar refractivity (Wildman–Crippen MR) is 76.7 cm³/mol. The third-order valence-electron chi connectivity index (χ3n) is 2.86. The summed E-state index contributed by atoms with van der Waals surface area (Å²) < 4.78 is 1.57. The topological polar surface area (TPSA) is 42.2 Å². The van der Waals surface area contributed by atoms with Gasteiger partial charge in [-0.1, -0.05) is 40.9 Å². The number of carbonyl (C=O) groups is 1. The standard InChI is InChI=1S/C13H10Cl3NO2/c1-7(10-3-2-8(14)4-11(10)16)17-6-9(15)5-12(17)13(18)19/h2-7H,1H3,(H,18,19). The van der Waals surface area contributed by atoms with Crippen molar-refractivity contribution in [2.24, 2.45) is 0 Å². The van der Waals surface area contributed by atoms with Gasteiger partial charge in [-0.05, 0) is 30.7 Å². The highest BCUT2D eigenvalue weighted by molar-refractivity contribution is 6.35. The summed E-state index contributed by atoms with van der Waals surface area (Å²) in [6.07, 6.45) is 1.57. The van der Waals surface area contributed by atoms with Gasteiger partial charge in [0.1, 0.15) is 5.69 Å². The summed E-state index contributed by atoms with van der Waals surface area (Å²) in [5, 5.41) is 10.5. The average Bonchev–Trinajstić information content (AvgIpc) is 2.70. The van der Waals surface area contributed by atoms with E-state index in [1.54, 1.807) is 29.0 Å². The Hall–Kier alpha value is -1.16. The second-order valence-electron chi connectivity index (χ2n) is 4.10. The number of benzene rings is 1. The van der Waals surface area contributed by atoms with Gasteiger partial charge in [0.25, 0.3) is 0 Å². The van der Waals surface area contributed by atoms with E-state index in [0.29, 0.717) is 15.1 Å². The van der Waals surface area contributed by atoms with E-state index in [9.17, 15) is 4.79 Å². The molecule has 1 aromatic heterocycles. The van der Waals surface area contributed by atoms with Crippen LogP contribution in [0.15, 0.2) is 30.5 Å². The smallest absolute Gasteiger partial charge is 0.352 e. The van der Waals surface area contributed by atoms with Crippen LogP contribution in [0.25, 0.3) is 0 Å². The van der Waals surface area contributed by atoms with E-state index in [1.165, 1.54) is 6.07 Å². The van der Waals surface area contributed by atoms with Crippen molar-refractivity contribution in [2.75, 3.05) is 0 Å². The minimum atomic E-state index is -1.04. The highest BCUT2D eigenvalue weighted by Gasteiger charge is 2.19. The molecule has 0 bridgehead atoms. The lowest BCUT2D eigenvalue weighted by Gasteiger charge is -2.17. The fraction of sp³-hybridized carbons (Fsp3) is 0.154. The molecule has 0 aliphatic carbocycles. The zero-order chi connectivity index (χ0) is 14.2. The first-order valence-corrected chi connectivity index (χ1v) is 6.59. The van der Waals surface area contributed by atoms with E-state index in [2.05, 4.69) is 0 Å². The largest absolute Gasteiger partial charge is 0.477 e. The zero-order valence-corrected chi connectivity index (χ0v) is 12.2. The second kappa shape index (κ2) is 5.45. The molecular formula is C13H10Cl3NO2. The molecule has 0 saturated heterocycles. The van der Waals surface area contributed by atoms with Crippen molar-refractivity contribution in [2.45, 2.75) is 13.0 Å². The molecule has 3 nitrogen and oxygen atoms in total. The van der Waals surface area contributed by atoms with Crippen LogP contribution in [0.1, 0.15) is 29.0 Å². The first-order chi connectivity index (χ1) is 8.90. The number of hydrogen-bond acceptors (Lipinski definition) is 1. The Labute approximate surface area is 125 Å². The van der Waals surface area contributed by atoms with Gasteiger partial charge < -0.3 is 9.67 Å². The van der Waals surface area contributed by atoms with Gasteiger partial charge in [0.15, 0.2) is 0 Å². The van der Waals surface area contributed by atoms with Crippen LogP contribution in [0, 0.1) is 0 Å². The van der Waals surface area contributed by atoms with Gasteiger partial charge in [0, 0.05) is 16.2 Å². The molecule has 2 aromatic rings. The summed E-state index contributed by atoms with van der Waals surface area (Å²) >= 11 is 17.8. The van der Waals surface area contributed by atoms with E-state index in [-0.39, 0.29) is 11.7 Å². The highest BCUT2D eigenvalue weighted by atomic mass is 35.5. The van der Waals surface area contributed by atoms with Crippen LogP contribution < -0.4 is 0 Å². The van der Waals surface area contributed by atoms with Crippen LogP contribution in [0.5, 0.6) is 0 Å². The van der Waals surface area contributed by atoms with E-state index >= 15 is 0 Å². The van der Waals surface area contributed by atoms with E-state index in [4.69, 9.17) is 39.9 Å². The normalized spacial score (nSPS) is 12.4. The molecule has 1 aromatic carbocycles. The van der Waals surface area contributed by atoms with Gasteiger partial charge in [-0.25, -0.2) is 4.79 Å². The highest BCUT2D eigenvalue weighted by Crippen LogP contribution is 2.30. The first kappa shape index (κ1) is 14.3. The van der Waals surface area contributed by atoms with Crippen molar-refractivity contribution in [3.63, 3.8) is 0 Å². The molecule has 19 heavy (non-hydrogen) atoms. The van der Waals surface area contributed by atoms with Gasteiger partial charge in [-0.3, -0.25) is 0 Å². The maximum Gasteiger partial charge on any atom is 0.352 e. The van der Waals surface area contributed by atoms with Gasteiger partial charge in [0.05, 0.1) is 11.1 Å². The summed E-state index contributed by atoms with van der Waals surface area (Å²) in [6, 6.07) is 6.26. The number of halogens is 3. The Morgan fingerprint density at radius 3 is 2.47 bits per heavy atom. The van der Waals surface area contributed by atoms with Crippen molar-refractivity contribution in [1.29, 1.82) is 0 Å². The van der Waals surface area contributed by atoms with Crippen LogP contribution in [-0.4, -0.2) is 15.6 Å². The van der Waals surface area contributed by atoms with Crippen molar-refractivity contribution in [3.05, 3.63) is 56.8 Å². The van der Waals surface area contributed by atoms with Gasteiger partial charge >= 0.3 is 5.97 Å². The lowest BCUT2D eigenvalue weighted by Crippen LogP contribution is -2.13. The summed E-state index contributed by atoms with van der Waals surface area (Å²) in [5.74, 6) is -1.04. The molecule has 1 unspecified atom stereocenters. The van der Waals surface area contributed by atoms with Gasteiger partial charge in [-0.2, -0.15) is 0 Å². The SMILES string of the molecule is CC(c1ccc(Cl)cc1Cl)n1cc(Cl)cc1C(=O)O. The Bertz CT molecular complexity index is 637. The number of carboxylic acid groups (broad SMARTS) is 1. The molecule has 2 rings (SSSR count). The molecule has 100 valence electrons. The Kier molecular flexibility index (Phi) is 4.09. The molecule has 0 amide bonds. The average molecular weight is 319 g/mol. The summed E-state index contributed by atoms with van der Waals surface area (Å²) in [4.78, 5) is 11.2. The Balaban J connectivity index is 2.49. The number of nitrogens with zero attached hydrogens (tertiary/aromatic N) is 1. The molecule has 0 aliphatic heterocycles. The predicted octanol–water partition coefficient (Wildman–Crippen LogP) is 4.76. The molecule has 0 spiro atoms. The van der Waals surface area contributed by atoms with Gasteiger partial charge in [0.2, 0.25) is 0 Å². The molecule has 1 atom stereocenters. The molecule has 0 radical (unpaired) electrons. The molecule has 6 heteroatoms. The molecule has 0 aliphatic rings. The van der Waals surface area contributed by atoms with Crippen LogP contribution in [0.3, 0.4) is 0 Å². The third kappa shape index (κ3) is 2.89. The van der Waals surface area contributed by atoms with E-state index in [0.717, 1.165) is 5.56 Å². The quantitative estimate of drug-likeness (QED) is 0.887. The maximum atomic E-state index is 11.2. The first-order valence-electron chi connectivity index (χ1n) is 5.45. The molecule has 1 heterocycles. The van der Waals surface area contributed by atoms with Gasteiger partial charge in [-0.15, -0.1) is 0 Å². The zero-order valence-electron chi connectivity index (χ0n) is 9.90. The van der Waals surface area contributed by atoms with Crippen molar-refractivity contribution in [1.82, 2.24) is 4.57 Å². The lowest BCUT2D eigenvalue weighted by atomic mass is 10.1. The van der Waals surface area contributed by atoms with Crippen LogP contribution in [0.2, 0.25) is 15.1 Å². The summed E-state index contributed by atoms with van der Waals surface area (Å²) in [6.45, 7) is 1.85. The molecule has 1 N–H and O–H groups in total. The number of aromatic nitrogens is 1. The third-order valence-corrected chi connectivity index (χ3v) is 3.63. The molecule has 0 saturated carbocycles. The fourth-order valence-electron chi connectivity index (χ4n) is 1.93. The number of rotatable bonds is 3. The van der Waals surface area contributed by atoms with E-state index < -0.39 is 5.97 Å². The molecular weight excluding hydrogens is 309 g/mol. The van der Waals surface area contributed by atoms with Crippen LogP contribution >= 0.6 is 34.8 Å². The second-order valence-corrected chi connectivity index (χ2v) is 5.38. The maximum absolute atomic E-state index is 11.2. The van der Waals surface area contributed by atoms with E-state index in [1.807, 2.05) is 6.92 Å². The Morgan fingerprint density at radius 2 is 1.89 bits per heavy atom. The van der Waals surface area contributed by atoms with Crippen molar-refractivity contribution < 1.29 is 9.90 Å². The van der Waals surface area contributed by atoms with Crippen LogP contribution in [-0.2, 0) is 0 Å². The number of hydrogen-bond donors (Lipinski definition) is 1. The summed E-state index contributed by atoms with van der Waals surface area (Å²) in [5.41, 5.74) is 0.893. The fourth-order valence-corrected chi connectivity index (χ4v) is 2.70. The number of carboxylic acids is 1. The minimum absolute atomic E-state index is 0.114. The Morgan fingerprint density at radius 1 is 1.21 bits per heavy atom. The lowest BCUT2D eigenvalue weighted by molar-refractivity contribution is 0.0684. The minimum Gasteiger partial charge on any atom is -0.477 e. The van der Waals surface area contributed by atoms with Crippen molar-refractivity contribution in [3.8, 4) is 0 Å². The number of aromatic carboxylic acids is 1. The summed E-state index contributed by atoms with van der Waals surface area (Å²) in [7, 11) is 0. The monoisotopic (exact) mass is 317 g/mol.